The van der Waals surface area contributed by atoms with Crippen molar-refractivity contribution in [3.05, 3.63) is 117 Å². The third kappa shape index (κ3) is 5.25. The summed E-state index contributed by atoms with van der Waals surface area (Å²) in [5.74, 6) is 6.51. The van der Waals surface area contributed by atoms with E-state index in [9.17, 15) is 9.59 Å². The molecule has 2 aromatic carbocycles. The summed E-state index contributed by atoms with van der Waals surface area (Å²) in [5, 5.41) is 1.64. The molecule has 0 fully saturated rings. The minimum Gasteiger partial charge on any atom is -0.403 e. The van der Waals surface area contributed by atoms with Crippen LogP contribution in [0.5, 0.6) is 0 Å². The number of aromatic amines is 1. The second kappa shape index (κ2) is 10.2. The van der Waals surface area contributed by atoms with E-state index in [0.29, 0.717) is 18.7 Å². The van der Waals surface area contributed by atoms with Gasteiger partial charge in [-0.1, -0.05) is 60.7 Å². The summed E-state index contributed by atoms with van der Waals surface area (Å²) >= 11 is 0. The fourth-order valence-electron chi connectivity index (χ4n) is 3.13. The molecule has 30 heavy (non-hydrogen) atoms. The van der Waals surface area contributed by atoms with Crippen molar-refractivity contribution in [1.29, 1.82) is 0 Å². The number of nitrogens with one attached hydrogen (secondary N) is 1. The van der Waals surface area contributed by atoms with E-state index in [4.69, 9.17) is 16.3 Å². The molecule has 0 bridgehead atoms. The maximum atomic E-state index is 11.7. The topological polar surface area (TPSA) is 119 Å². The van der Waals surface area contributed by atoms with Gasteiger partial charge in [-0.15, -0.1) is 0 Å². The molecule has 0 aliphatic heterocycles. The van der Waals surface area contributed by atoms with Crippen LogP contribution < -0.4 is 22.8 Å². The van der Waals surface area contributed by atoms with Crippen LogP contribution in [0.4, 0.5) is 0 Å². The molecule has 1 heterocycles. The van der Waals surface area contributed by atoms with E-state index >= 15 is 0 Å². The van der Waals surface area contributed by atoms with Gasteiger partial charge in [-0.05, 0) is 11.1 Å². The summed E-state index contributed by atoms with van der Waals surface area (Å²) in [6.45, 7) is 0.303. The fourth-order valence-corrected chi connectivity index (χ4v) is 3.13. The predicted molar refractivity (Wildman–Crippen MR) is 115 cm³/mol. The van der Waals surface area contributed by atoms with Gasteiger partial charge in [0.25, 0.3) is 5.56 Å². The molecule has 8 heteroatoms. The first-order chi connectivity index (χ1) is 14.6. The van der Waals surface area contributed by atoms with Crippen LogP contribution in [0.25, 0.3) is 0 Å². The lowest BCUT2D eigenvalue weighted by Crippen LogP contribution is -2.36. The van der Waals surface area contributed by atoms with Gasteiger partial charge >= 0.3 is 5.69 Å². The van der Waals surface area contributed by atoms with Gasteiger partial charge in [-0.3, -0.25) is 14.3 Å². The van der Waals surface area contributed by atoms with Crippen molar-refractivity contribution in [2.75, 3.05) is 6.61 Å². The summed E-state index contributed by atoms with van der Waals surface area (Å²) in [6, 6.07) is 20.9. The van der Waals surface area contributed by atoms with Gasteiger partial charge in [0.1, 0.15) is 6.73 Å². The van der Waals surface area contributed by atoms with E-state index in [2.05, 4.69) is 4.98 Å². The summed E-state index contributed by atoms with van der Waals surface area (Å²) < 4.78 is 6.84. The molecule has 0 spiro atoms. The van der Waals surface area contributed by atoms with E-state index in [1.807, 2.05) is 60.7 Å². The fraction of sp³-hybridized carbons (Fsp3) is 0.182. The van der Waals surface area contributed by atoms with Crippen LogP contribution in [0.2, 0.25) is 0 Å². The first-order valence-corrected chi connectivity index (χ1v) is 9.52. The van der Waals surface area contributed by atoms with Gasteiger partial charge in [0.05, 0.1) is 12.6 Å². The van der Waals surface area contributed by atoms with Crippen molar-refractivity contribution in [2.45, 2.75) is 19.2 Å². The van der Waals surface area contributed by atoms with Crippen LogP contribution in [0.3, 0.4) is 0 Å². The highest BCUT2D eigenvalue weighted by Gasteiger charge is 2.21. The zero-order valence-electron chi connectivity index (χ0n) is 16.5. The van der Waals surface area contributed by atoms with Crippen molar-refractivity contribution in [2.24, 2.45) is 11.6 Å². The number of ether oxygens (including phenoxy) is 1. The van der Waals surface area contributed by atoms with E-state index in [1.54, 1.807) is 5.01 Å². The molecule has 0 unspecified atom stereocenters. The zero-order valence-corrected chi connectivity index (χ0v) is 16.5. The number of nitrogens with zero attached hydrogens (tertiary/aromatic N) is 2. The van der Waals surface area contributed by atoms with Crippen molar-refractivity contribution in [3.63, 3.8) is 0 Å². The van der Waals surface area contributed by atoms with E-state index < -0.39 is 11.2 Å². The second-order valence-corrected chi connectivity index (χ2v) is 6.66. The Bertz CT molecular complexity index is 1040. The Morgan fingerprint density at radius 1 is 1.03 bits per heavy atom. The number of rotatable bonds is 9. The lowest BCUT2D eigenvalue weighted by Gasteiger charge is -2.32. The average Bonchev–Trinajstić information content (AvgIpc) is 2.76. The number of hydrogen-bond donors (Lipinski definition) is 3. The van der Waals surface area contributed by atoms with Gasteiger partial charge in [0.2, 0.25) is 0 Å². The largest absolute Gasteiger partial charge is 0.403 e. The smallest absolute Gasteiger partial charge is 0.330 e. The van der Waals surface area contributed by atoms with Gasteiger partial charge < -0.3 is 15.5 Å². The lowest BCUT2D eigenvalue weighted by atomic mass is 9.97. The van der Waals surface area contributed by atoms with Crippen molar-refractivity contribution in [1.82, 2.24) is 14.6 Å². The SMILES string of the molecule is N/C=C(/CCOCn1ccc(=O)[nH]c1=O)N(N)C(c1ccccc1)c1ccccc1. The van der Waals surface area contributed by atoms with Crippen LogP contribution in [0.15, 0.2) is 94.4 Å². The molecule has 5 N–H and O–H groups in total. The van der Waals surface area contributed by atoms with Crippen LogP contribution >= 0.6 is 0 Å². The number of benzene rings is 2. The zero-order chi connectivity index (χ0) is 21.3. The molecule has 0 aliphatic rings. The Balaban J connectivity index is 1.69. The Morgan fingerprint density at radius 3 is 2.17 bits per heavy atom. The first kappa shape index (κ1) is 21.1. The molecule has 0 saturated heterocycles. The molecule has 1 aromatic heterocycles. The third-order valence-corrected chi connectivity index (χ3v) is 4.66. The lowest BCUT2D eigenvalue weighted by molar-refractivity contribution is 0.0712. The number of hydrazine groups is 1. The van der Waals surface area contributed by atoms with Crippen LogP contribution in [-0.4, -0.2) is 21.2 Å². The number of aromatic nitrogens is 2. The minimum absolute atomic E-state index is 0.0127. The molecular weight excluding hydrogens is 382 g/mol. The number of nitrogens with two attached hydrogens (primary N) is 2. The highest BCUT2D eigenvalue weighted by molar-refractivity contribution is 5.32. The van der Waals surface area contributed by atoms with Crippen LogP contribution in [0.1, 0.15) is 23.6 Å². The van der Waals surface area contributed by atoms with Crippen molar-refractivity contribution in [3.8, 4) is 0 Å². The maximum Gasteiger partial charge on any atom is 0.330 e. The normalized spacial score (nSPS) is 11.6. The highest BCUT2D eigenvalue weighted by Crippen LogP contribution is 2.29. The molecule has 8 nitrogen and oxygen atoms in total. The van der Waals surface area contributed by atoms with Crippen LogP contribution in [-0.2, 0) is 11.5 Å². The quantitative estimate of drug-likeness (QED) is 0.282. The predicted octanol–water partition coefficient (Wildman–Crippen LogP) is 1.67. The Labute approximate surface area is 174 Å². The van der Waals surface area contributed by atoms with Crippen molar-refractivity contribution < 1.29 is 4.74 Å². The van der Waals surface area contributed by atoms with E-state index in [-0.39, 0.29) is 12.8 Å². The molecule has 0 amide bonds. The Hall–Kier alpha value is -3.62. The number of hydrogen-bond acceptors (Lipinski definition) is 6. The Morgan fingerprint density at radius 2 is 1.63 bits per heavy atom. The number of H-pyrrole nitrogens is 1. The molecule has 3 aromatic rings. The highest BCUT2D eigenvalue weighted by atomic mass is 16.5. The second-order valence-electron chi connectivity index (χ2n) is 6.66. The summed E-state index contributed by atoms with van der Waals surface area (Å²) in [5.41, 5.74) is 7.66. The summed E-state index contributed by atoms with van der Waals surface area (Å²) in [4.78, 5) is 25.0. The van der Waals surface area contributed by atoms with Gasteiger partial charge in [0.15, 0.2) is 0 Å². The molecule has 3 rings (SSSR count). The molecule has 0 saturated carbocycles. The van der Waals surface area contributed by atoms with Gasteiger partial charge in [-0.25, -0.2) is 10.6 Å². The van der Waals surface area contributed by atoms with E-state index in [1.165, 1.54) is 23.0 Å². The molecule has 0 atom stereocenters. The summed E-state index contributed by atoms with van der Waals surface area (Å²) in [7, 11) is 0. The molecule has 0 radical (unpaired) electrons. The Kier molecular flexibility index (Phi) is 7.20. The summed E-state index contributed by atoms with van der Waals surface area (Å²) in [6.07, 6.45) is 3.30. The molecular formula is C22H25N5O3. The molecule has 156 valence electrons. The van der Waals surface area contributed by atoms with Gasteiger partial charge in [-0.2, -0.15) is 0 Å². The third-order valence-electron chi connectivity index (χ3n) is 4.66. The maximum absolute atomic E-state index is 11.7. The van der Waals surface area contributed by atoms with E-state index in [0.717, 1.165) is 11.1 Å². The average molecular weight is 407 g/mol. The standard InChI is InChI=1S/C22H25N5O3/c23-15-19(12-14-30-16-26-13-11-20(28)25-22(26)29)27(24)21(17-7-3-1-4-8-17)18-9-5-2-6-10-18/h1-11,13,15,21H,12,14,16,23-24H2,(H,25,28,29)/b19-15-. The van der Waals surface area contributed by atoms with Crippen molar-refractivity contribution >= 4 is 0 Å². The van der Waals surface area contributed by atoms with Gasteiger partial charge in [0, 0.05) is 30.6 Å². The minimum atomic E-state index is -0.522. The monoisotopic (exact) mass is 407 g/mol. The molecule has 0 aliphatic carbocycles. The van der Waals surface area contributed by atoms with Crippen LogP contribution in [0, 0.1) is 0 Å². The first-order valence-electron chi connectivity index (χ1n) is 9.52.